The second kappa shape index (κ2) is 6.71. The second-order valence-corrected chi connectivity index (χ2v) is 6.64. The molecule has 2 amide bonds. The number of carbonyl (C=O) groups is 2. The van der Waals surface area contributed by atoms with Crippen LogP contribution in [0.15, 0.2) is 30.3 Å². The van der Waals surface area contributed by atoms with Crippen LogP contribution in [0.25, 0.3) is 0 Å². The summed E-state index contributed by atoms with van der Waals surface area (Å²) in [6.07, 6.45) is 2.21. The lowest BCUT2D eigenvalue weighted by Gasteiger charge is -2.25. The number of hydrogen-bond donors (Lipinski definition) is 1. The number of fused-ring (bicyclic) bond motifs is 1. The molecule has 2 aliphatic heterocycles. The van der Waals surface area contributed by atoms with Crippen molar-refractivity contribution in [3.63, 3.8) is 0 Å². The fourth-order valence-corrected chi connectivity index (χ4v) is 3.95. The highest BCUT2D eigenvalue weighted by Gasteiger charge is 2.47. The minimum absolute atomic E-state index is 0.0448. The van der Waals surface area contributed by atoms with Crippen LogP contribution in [0.5, 0.6) is 0 Å². The molecule has 2 heterocycles. The Hall–Kier alpha value is -1.88. The average Bonchev–Trinajstić information content (AvgIpc) is 3.13. The van der Waals surface area contributed by atoms with Crippen molar-refractivity contribution in [3.8, 4) is 0 Å². The first-order valence-electron chi connectivity index (χ1n) is 8.35. The van der Waals surface area contributed by atoms with Gasteiger partial charge in [-0.2, -0.15) is 0 Å². The van der Waals surface area contributed by atoms with E-state index in [1.807, 2.05) is 30.1 Å². The number of nitrogens with zero attached hydrogens (tertiary/aromatic N) is 2. The largest absolute Gasteiger partial charge is 0.358 e. The highest BCUT2D eigenvalue weighted by atomic mass is 16.2. The zero-order chi connectivity index (χ0) is 16.4. The molecule has 0 bridgehead atoms. The summed E-state index contributed by atoms with van der Waals surface area (Å²) < 4.78 is 0. The molecule has 0 spiro atoms. The summed E-state index contributed by atoms with van der Waals surface area (Å²) in [5, 5.41) is 2.74. The lowest BCUT2D eigenvalue weighted by Crippen LogP contribution is -2.45. The third kappa shape index (κ3) is 3.24. The molecule has 0 radical (unpaired) electrons. The van der Waals surface area contributed by atoms with E-state index < -0.39 is 0 Å². The van der Waals surface area contributed by atoms with E-state index in [0.29, 0.717) is 18.4 Å². The molecule has 0 aromatic heterocycles. The molecule has 1 N–H and O–H groups in total. The number of carbonyl (C=O) groups excluding carboxylic acids is 2. The second-order valence-electron chi connectivity index (χ2n) is 6.64. The van der Waals surface area contributed by atoms with Gasteiger partial charge in [-0.25, -0.2) is 0 Å². The number of rotatable bonds is 4. The van der Waals surface area contributed by atoms with E-state index in [1.165, 1.54) is 5.56 Å². The van der Waals surface area contributed by atoms with E-state index in [2.05, 4.69) is 22.3 Å². The Balaban J connectivity index is 1.53. The van der Waals surface area contributed by atoms with Crippen LogP contribution in [0, 0.1) is 5.92 Å². The number of amides is 2. The van der Waals surface area contributed by atoms with Gasteiger partial charge in [0.1, 0.15) is 0 Å². The molecule has 0 saturated carbocycles. The maximum atomic E-state index is 12.5. The van der Waals surface area contributed by atoms with Gasteiger partial charge in [0.25, 0.3) is 0 Å². The molecule has 3 atom stereocenters. The van der Waals surface area contributed by atoms with Gasteiger partial charge in [0.2, 0.25) is 11.8 Å². The Labute approximate surface area is 137 Å². The summed E-state index contributed by atoms with van der Waals surface area (Å²) in [7, 11) is 3.69. The summed E-state index contributed by atoms with van der Waals surface area (Å²) >= 11 is 0. The Bertz CT molecular complexity index is 575. The van der Waals surface area contributed by atoms with Gasteiger partial charge in [0, 0.05) is 32.6 Å². The molecule has 5 nitrogen and oxygen atoms in total. The van der Waals surface area contributed by atoms with Crippen LogP contribution in [-0.4, -0.2) is 60.9 Å². The number of benzene rings is 1. The number of nitrogens with one attached hydrogen (secondary N) is 1. The number of likely N-dealkylation sites (N-methyl/N-ethyl adjacent to an activating group) is 2. The quantitative estimate of drug-likeness (QED) is 0.898. The molecule has 2 fully saturated rings. The molecule has 1 aromatic carbocycles. The lowest BCUT2D eigenvalue weighted by molar-refractivity contribution is -0.130. The summed E-state index contributed by atoms with van der Waals surface area (Å²) in [6, 6.07) is 10.4. The fourth-order valence-electron chi connectivity index (χ4n) is 3.95. The number of likely N-dealkylation sites (tertiary alicyclic amines) is 2. The van der Waals surface area contributed by atoms with E-state index >= 15 is 0 Å². The summed E-state index contributed by atoms with van der Waals surface area (Å²) in [5.41, 5.74) is 1.21. The normalized spacial score (nSPS) is 27.0. The van der Waals surface area contributed by atoms with E-state index in [0.717, 1.165) is 25.9 Å². The smallest absolute Gasteiger partial charge is 0.237 e. The Morgan fingerprint density at radius 1 is 1.22 bits per heavy atom. The molecule has 2 saturated heterocycles. The van der Waals surface area contributed by atoms with Crippen molar-refractivity contribution in [1.82, 2.24) is 15.1 Å². The Kier molecular flexibility index (Phi) is 4.66. The van der Waals surface area contributed by atoms with Crippen molar-refractivity contribution < 1.29 is 9.59 Å². The SMILES string of the molecule is CNC(=O)[C@@H]1C[C@H]2CN(C(=O)CCc3ccccc3)C[C@H]2N1C. The van der Waals surface area contributed by atoms with Crippen molar-refractivity contribution >= 4 is 11.8 Å². The van der Waals surface area contributed by atoms with Gasteiger partial charge < -0.3 is 10.2 Å². The molecule has 5 heteroatoms. The molecule has 0 unspecified atom stereocenters. The molecule has 3 rings (SSSR count). The zero-order valence-electron chi connectivity index (χ0n) is 13.9. The molecule has 124 valence electrons. The maximum absolute atomic E-state index is 12.5. The van der Waals surface area contributed by atoms with Crippen LogP contribution in [0.3, 0.4) is 0 Å². The monoisotopic (exact) mass is 315 g/mol. The van der Waals surface area contributed by atoms with E-state index in [-0.39, 0.29) is 17.9 Å². The van der Waals surface area contributed by atoms with Gasteiger partial charge in [-0.3, -0.25) is 14.5 Å². The molecule has 0 aliphatic carbocycles. The van der Waals surface area contributed by atoms with Crippen molar-refractivity contribution in [2.24, 2.45) is 5.92 Å². The van der Waals surface area contributed by atoms with Gasteiger partial charge in [-0.1, -0.05) is 30.3 Å². The Morgan fingerprint density at radius 2 is 1.96 bits per heavy atom. The van der Waals surface area contributed by atoms with E-state index in [4.69, 9.17) is 0 Å². The minimum Gasteiger partial charge on any atom is -0.358 e. The van der Waals surface area contributed by atoms with Crippen molar-refractivity contribution in [2.75, 3.05) is 27.2 Å². The molecular weight excluding hydrogens is 290 g/mol. The van der Waals surface area contributed by atoms with Crippen molar-refractivity contribution in [2.45, 2.75) is 31.3 Å². The van der Waals surface area contributed by atoms with E-state index in [1.54, 1.807) is 7.05 Å². The number of aryl methyl sites for hydroxylation is 1. The predicted octanol–water partition coefficient (Wildman–Crippen LogP) is 0.896. The fraction of sp³-hybridized carbons (Fsp3) is 0.556. The molecule has 23 heavy (non-hydrogen) atoms. The third-order valence-corrected chi connectivity index (χ3v) is 5.32. The summed E-state index contributed by atoms with van der Waals surface area (Å²) in [5.74, 6) is 0.736. The highest BCUT2D eigenvalue weighted by Crippen LogP contribution is 2.34. The maximum Gasteiger partial charge on any atom is 0.237 e. The van der Waals surface area contributed by atoms with Crippen LogP contribution in [0.4, 0.5) is 0 Å². The van der Waals surface area contributed by atoms with Crippen LogP contribution in [-0.2, 0) is 16.0 Å². The van der Waals surface area contributed by atoms with Gasteiger partial charge in [-0.15, -0.1) is 0 Å². The van der Waals surface area contributed by atoms with Crippen LogP contribution in [0.2, 0.25) is 0 Å². The van der Waals surface area contributed by atoms with Crippen LogP contribution in [0.1, 0.15) is 18.4 Å². The molecular formula is C18H25N3O2. The average molecular weight is 315 g/mol. The molecule has 2 aliphatic rings. The van der Waals surface area contributed by atoms with E-state index in [9.17, 15) is 9.59 Å². The van der Waals surface area contributed by atoms with Gasteiger partial charge in [0.15, 0.2) is 0 Å². The Morgan fingerprint density at radius 3 is 2.61 bits per heavy atom. The van der Waals surface area contributed by atoms with Crippen LogP contribution >= 0.6 is 0 Å². The topological polar surface area (TPSA) is 52.7 Å². The first-order chi connectivity index (χ1) is 11.1. The van der Waals surface area contributed by atoms with Crippen LogP contribution < -0.4 is 5.32 Å². The van der Waals surface area contributed by atoms with Crippen molar-refractivity contribution in [1.29, 1.82) is 0 Å². The minimum atomic E-state index is -0.0448. The van der Waals surface area contributed by atoms with Crippen molar-refractivity contribution in [3.05, 3.63) is 35.9 Å². The summed E-state index contributed by atoms with van der Waals surface area (Å²) in [4.78, 5) is 28.5. The standard InChI is InChI=1S/C18H25N3O2/c1-19-18(23)15-10-14-11-21(12-16(14)20(15)2)17(22)9-8-13-6-4-3-5-7-13/h3-7,14-16H,8-12H2,1-2H3,(H,19,23)/t14-,15-,16+/m0/s1. The van der Waals surface area contributed by atoms with Gasteiger partial charge in [-0.05, 0) is 31.4 Å². The molecule has 1 aromatic rings. The van der Waals surface area contributed by atoms with Gasteiger partial charge >= 0.3 is 0 Å². The first-order valence-corrected chi connectivity index (χ1v) is 8.35. The predicted molar refractivity (Wildman–Crippen MR) is 88.9 cm³/mol. The zero-order valence-corrected chi connectivity index (χ0v) is 13.9. The highest BCUT2D eigenvalue weighted by molar-refractivity contribution is 5.82. The third-order valence-electron chi connectivity index (χ3n) is 5.32. The lowest BCUT2D eigenvalue weighted by atomic mass is 10.0. The number of hydrogen-bond acceptors (Lipinski definition) is 3. The summed E-state index contributed by atoms with van der Waals surface area (Å²) in [6.45, 7) is 1.54. The van der Waals surface area contributed by atoms with Gasteiger partial charge in [0.05, 0.1) is 6.04 Å². The first kappa shape index (κ1) is 16.0.